The zero-order chi connectivity index (χ0) is 11.1. The highest BCUT2D eigenvalue weighted by Crippen LogP contribution is 2.12. The van der Waals surface area contributed by atoms with Gasteiger partial charge in [-0.1, -0.05) is 17.3 Å². The molecule has 0 fully saturated rings. The Morgan fingerprint density at radius 2 is 2.53 bits per heavy atom. The quantitative estimate of drug-likeness (QED) is 0.440. The SMILES string of the molecule is CCOC(=O)c1cnc(C#CCC=O)s1. The summed E-state index contributed by atoms with van der Waals surface area (Å²) in [6.07, 6.45) is 2.31. The summed E-state index contributed by atoms with van der Waals surface area (Å²) in [5.41, 5.74) is 0. The highest BCUT2D eigenvalue weighted by atomic mass is 32.1. The van der Waals surface area contributed by atoms with Gasteiger partial charge in [0.2, 0.25) is 0 Å². The van der Waals surface area contributed by atoms with E-state index in [0.717, 1.165) is 11.3 Å². The van der Waals surface area contributed by atoms with E-state index in [2.05, 4.69) is 16.8 Å². The molecule has 0 amide bonds. The summed E-state index contributed by atoms with van der Waals surface area (Å²) in [6.45, 7) is 2.08. The average molecular weight is 223 g/mol. The van der Waals surface area contributed by atoms with Crippen LogP contribution in [-0.4, -0.2) is 23.8 Å². The largest absolute Gasteiger partial charge is 0.462 e. The summed E-state index contributed by atoms with van der Waals surface area (Å²) in [7, 11) is 0. The van der Waals surface area contributed by atoms with Crippen molar-refractivity contribution in [3.05, 3.63) is 16.1 Å². The molecule has 0 atom stereocenters. The molecular weight excluding hydrogens is 214 g/mol. The lowest BCUT2D eigenvalue weighted by Crippen LogP contribution is -2.01. The summed E-state index contributed by atoms with van der Waals surface area (Å²) < 4.78 is 4.79. The second-order valence-electron chi connectivity index (χ2n) is 2.42. The van der Waals surface area contributed by atoms with E-state index in [-0.39, 0.29) is 6.42 Å². The van der Waals surface area contributed by atoms with Crippen molar-refractivity contribution in [2.75, 3.05) is 6.61 Å². The molecule has 0 radical (unpaired) electrons. The van der Waals surface area contributed by atoms with E-state index in [4.69, 9.17) is 4.74 Å². The first-order valence-electron chi connectivity index (χ1n) is 4.33. The van der Waals surface area contributed by atoms with Crippen LogP contribution >= 0.6 is 11.3 Å². The highest BCUT2D eigenvalue weighted by Gasteiger charge is 2.09. The number of hydrogen-bond donors (Lipinski definition) is 0. The third-order valence-electron chi connectivity index (χ3n) is 1.36. The molecule has 0 saturated heterocycles. The van der Waals surface area contributed by atoms with Crippen LogP contribution in [-0.2, 0) is 9.53 Å². The van der Waals surface area contributed by atoms with Gasteiger partial charge in [-0.2, -0.15) is 0 Å². The van der Waals surface area contributed by atoms with Crippen LogP contribution in [0, 0.1) is 11.8 Å². The number of thiazole rings is 1. The molecule has 1 aromatic rings. The lowest BCUT2D eigenvalue weighted by atomic mass is 10.5. The lowest BCUT2D eigenvalue weighted by molar-refractivity contribution is -0.107. The molecule has 0 aromatic carbocycles. The Hall–Kier alpha value is -1.67. The van der Waals surface area contributed by atoms with Crippen LogP contribution in [0.4, 0.5) is 0 Å². The third kappa shape index (κ3) is 3.52. The summed E-state index contributed by atoms with van der Waals surface area (Å²) in [5.74, 6) is 4.90. The van der Waals surface area contributed by atoms with Crippen molar-refractivity contribution in [1.82, 2.24) is 4.98 Å². The first-order chi connectivity index (χ1) is 7.27. The number of rotatable bonds is 3. The van der Waals surface area contributed by atoms with E-state index in [1.54, 1.807) is 6.92 Å². The minimum absolute atomic E-state index is 0.175. The Kier molecular flexibility index (Phi) is 4.51. The summed E-state index contributed by atoms with van der Waals surface area (Å²) in [5, 5.41) is 0.514. The topological polar surface area (TPSA) is 56.3 Å². The second kappa shape index (κ2) is 5.94. The number of carbonyl (C=O) groups excluding carboxylic acids is 2. The fraction of sp³-hybridized carbons (Fsp3) is 0.300. The second-order valence-corrected chi connectivity index (χ2v) is 3.45. The number of esters is 1. The molecule has 1 rings (SSSR count). The molecule has 0 aliphatic rings. The summed E-state index contributed by atoms with van der Waals surface area (Å²) >= 11 is 1.16. The third-order valence-corrected chi connectivity index (χ3v) is 2.26. The summed E-state index contributed by atoms with van der Waals surface area (Å²) in [4.78, 5) is 25.6. The first-order valence-corrected chi connectivity index (χ1v) is 5.15. The standard InChI is InChI=1S/C10H9NO3S/c1-2-14-10(13)8-7-11-9(15-8)5-3-4-6-12/h6-7H,2,4H2,1H3. The normalized spacial score (nSPS) is 8.87. The van der Waals surface area contributed by atoms with E-state index in [1.807, 2.05) is 0 Å². The van der Waals surface area contributed by atoms with Gasteiger partial charge in [0.25, 0.3) is 0 Å². The van der Waals surface area contributed by atoms with Gasteiger partial charge in [0.15, 0.2) is 5.01 Å². The number of aromatic nitrogens is 1. The number of ether oxygens (including phenoxy) is 1. The van der Waals surface area contributed by atoms with Gasteiger partial charge in [0.1, 0.15) is 11.2 Å². The Bertz CT molecular complexity index is 414. The monoisotopic (exact) mass is 223 g/mol. The van der Waals surface area contributed by atoms with Gasteiger partial charge in [0, 0.05) is 0 Å². The van der Waals surface area contributed by atoms with Gasteiger partial charge in [-0.25, -0.2) is 9.78 Å². The number of hydrogen-bond acceptors (Lipinski definition) is 5. The predicted molar refractivity (Wildman–Crippen MR) is 55.6 cm³/mol. The zero-order valence-corrected chi connectivity index (χ0v) is 8.97. The first kappa shape index (κ1) is 11.4. The molecule has 78 valence electrons. The molecule has 0 bridgehead atoms. The van der Waals surface area contributed by atoms with E-state index in [0.29, 0.717) is 22.8 Å². The molecule has 15 heavy (non-hydrogen) atoms. The van der Waals surface area contributed by atoms with E-state index < -0.39 is 5.97 Å². The van der Waals surface area contributed by atoms with Crippen LogP contribution in [0.15, 0.2) is 6.20 Å². The van der Waals surface area contributed by atoms with Crippen LogP contribution < -0.4 is 0 Å². The number of carbonyl (C=O) groups is 2. The minimum Gasteiger partial charge on any atom is -0.462 e. The highest BCUT2D eigenvalue weighted by molar-refractivity contribution is 7.14. The van der Waals surface area contributed by atoms with Crippen LogP contribution in [0.25, 0.3) is 0 Å². The van der Waals surface area contributed by atoms with E-state index in [9.17, 15) is 9.59 Å². The number of aldehydes is 1. The van der Waals surface area contributed by atoms with Gasteiger partial charge >= 0.3 is 5.97 Å². The van der Waals surface area contributed by atoms with E-state index in [1.165, 1.54) is 6.20 Å². The van der Waals surface area contributed by atoms with Crippen LogP contribution in [0.3, 0.4) is 0 Å². The summed E-state index contributed by atoms with van der Waals surface area (Å²) in [6, 6.07) is 0. The van der Waals surface area contributed by atoms with Crippen LogP contribution in [0.5, 0.6) is 0 Å². The maximum absolute atomic E-state index is 11.2. The van der Waals surface area contributed by atoms with Crippen molar-refractivity contribution in [2.24, 2.45) is 0 Å². The van der Waals surface area contributed by atoms with Crippen LogP contribution in [0.2, 0.25) is 0 Å². The fourth-order valence-electron chi connectivity index (χ4n) is 0.797. The van der Waals surface area contributed by atoms with Crippen molar-refractivity contribution in [2.45, 2.75) is 13.3 Å². The number of nitrogens with zero attached hydrogens (tertiary/aromatic N) is 1. The van der Waals surface area contributed by atoms with Crippen molar-refractivity contribution in [1.29, 1.82) is 0 Å². The van der Waals surface area contributed by atoms with Gasteiger partial charge in [-0.05, 0) is 12.8 Å². The maximum atomic E-state index is 11.2. The molecule has 0 spiro atoms. The Morgan fingerprint density at radius 1 is 1.73 bits per heavy atom. The molecule has 0 aliphatic heterocycles. The van der Waals surface area contributed by atoms with E-state index >= 15 is 0 Å². The molecular formula is C10H9NO3S. The van der Waals surface area contributed by atoms with Crippen molar-refractivity contribution in [3.8, 4) is 11.8 Å². The predicted octanol–water partition coefficient (Wildman–Crippen LogP) is 1.26. The molecule has 5 heteroatoms. The van der Waals surface area contributed by atoms with Gasteiger partial charge in [-0.15, -0.1) is 0 Å². The molecule has 0 unspecified atom stereocenters. The molecule has 1 aromatic heterocycles. The molecule has 4 nitrogen and oxygen atoms in total. The van der Waals surface area contributed by atoms with Crippen molar-refractivity contribution in [3.63, 3.8) is 0 Å². The molecule has 0 N–H and O–H groups in total. The zero-order valence-electron chi connectivity index (χ0n) is 8.15. The Balaban J connectivity index is 2.68. The minimum atomic E-state index is -0.390. The van der Waals surface area contributed by atoms with Crippen LogP contribution in [0.1, 0.15) is 28.0 Å². The Morgan fingerprint density at radius 3 is 3.20 bits per heavy atom. The van der Waals surface area contributed by atoms with Gasteiger partial charge in [-0.3, -0.25) is 0 Å². The Labute approximate surface area is 91.3 Å². The smallest absolute Gasteiger partial charge is 0.349 e. The average Bonchev–Trinajstić information content (AvgIpc) is 2.67. The lowest BCUT2D eigenvalue weighted by Gasteiger charge is -1.95. The maximum Gasteiger partial charge on any atom is 0.349 e. The van der Waals surface area contributed by atoms with Gasteiger partial charge in [0.05, 0.1) is 19.2 Å². The molecule has 0 saturated carbocycles. The van der Waals surface area contributed by atoms with Gasteiger partial charge < -0.3 is 9.53 Å². The fourth-order valence-corrected chi connectivity index (χ4v) is 1.48. The molecule has 0 aliphatic carbocycles. The molecule has 1 heterocycles. The van der Waals surface area contributed by atoms with Crippen molar-refractivity contribution < 1.29 is 14.3 Å². The van der Waals surface area contributed by atoms with Crippen molar-refractivity contribution >= 4 is 23.6 Å².